The molecule has 8 heteroatoms. The number of aryl methyl sites for hydroxylation is 1. The molecule has 0 atom stereocenters. The van der Waals surface area contributed by atoms with E-state index in [9.17, 15) is 14.9 Å². The number of hydrogen-bond acceptors (Lipinski definition) is 6. The van der Waals surface area contributed by atoms with Crippen LogP contribution < -0.4 is 5.56 Å². The van der Waals surface area contributed by atoms with Crippen LogP contribution in [-0.2, 0) is 25.9 Å². The molecule has 144 valence electrons. The highest BCUT2D eigenvalue weighted by Crippen LogP contribution is 2.25. The Morgan fingerprint density at radius 3 is 2.93 bits per heavy atom. The third kappa shape index (κ3) is 3.61. The Kier molecular flexibility index (Phi) is 5.06. The van der Waals surface area contributed by atoms with Crippen LogP contribution in [0.4, 0.5) is 5.69 Å². The van der Waals surface area contributed by atoms with Gasteiger partial charge in [-0.2, -0.15) is 0 Å². The van der Waals surface area contributed by atoms with E-state index in [1.54, 1.807) is 17.4 Å². The summed E-state index contributed by atoms with van der Waals surface area (Å²) >= 11 is 1.55. The number of aromatic amines is 1. The molecule has 0 saturated heterocycles. The minimum Gasteiger partial charge on any atom is -0.306 e. The SMILES string of the molecule is CCc1ccc(CN2CCc3nc(-c4cccs4)[nH]c(=O)c3C2)cc1[N+](=O)[O-]. The van der Waals surface area contributed by atoms with Gasteiger partial charge in [0.25, 0.3) is 11.2 Å². The van der Waals surface area contributed by atoms with Gasteiger partial charge in [0.15, 0.2) is 5.82 Å². The standard InChI is InChI=1S/C20H20N4O3S/c1-2-14-6-5-13(10-17(14)24(26)27)11-23-8-7-16-15(12-23)20(25)22-19(21-16)18-4-3-9-28-18/h3-6,9-10H,2,7-8,11-12H2,1H3,(H,21,22,25). The van der Waals surface area contributed by atoms with E-state index < -0.39 is 0 Å². The molecule has 0 aliphatic carbocycles. The number of nitrogens with zero attached hydrogens (tertiary/aromatic N) is 3. The quantitative estimate of drug-likeness (QED) is 0.526. The molecule has 3 aromatic rings. The Bertz CT molecular complexity index is 1080. The van der Waals surface area contributed by atoms with Crippen molar-refractivity contribution in [3.63, 3.8) is 0 Å². The van der Waals surface area contributed by atoms with Crippen LogP contribution in [0.15, 0.2) is 40.5 Å². The topological polar surface area (TPSA) is 92.1 Å². The number of hydrogen-bond donors (Lipinski definition) is 1. The van der Waals surface area contributed by atoms with Crippen molar-refractivity contribution in [1.82, 2.24) is 14.9 Å². The summed E-state index contributed by atoms with van der Waals surface area (Å²) in [6.45, 7) is 3.73. The normalized spacial score (nSPS) is 14.0. The average molecular weight is 396 g/mol. The lowest BCUT2D eigenvalue weighted by Crippen LogP contribution is -2.35. The monoisotopic (exact) mass is 396 g/mol. The Morgan fingerprint density at radius 1 is 1.36 bits per heavy atom. The number of fused-ring (bicyclic) bond motifs is 1. The van der Waals surface area contributed by atoms with Crippen LogP contribution in [-0.4, -0.2) is 26.3 Å². The van der Waals surface area contributed by atoms with E-state index in [1.807, 2.05) is 36.6 Å². The molecule has 0 bridgehead atoms. The maximum atomic E-state index is 12.6. The molecule has 0 saturated carbocycles. The summed E-state index contributed by atoms with van der Waals surface area (Å²) in [5.74, 6) is 0.623. The second-order valence-corrected chi connectivity index (χ2v) is 7.80. The zero-order valence-electron chi connectivity index (χ0n) is 15.5. The van der Waals surface area contributed by atoms with Gasteiger partial charge in [-0.25, -0.2) is 4.98 Å². The Hall–Kier alpha value is -2.84. The van der Waals surface area contributed by atoms with Gasteiger partial charge in [-0.15, -0.1) is 11.3 Å². The molecule has 2 aromatic heterocycles. The highest BCUT2D eigenvalue weighted by atomic mass is 32.1. The molecule has 7 nitrogen and oxygen atoms in total. The zero-order chi connectivity index (χ0) is 19.7. The lowest BCUT2D eigenvalue weighted by molar-refractivity contribution is -0.385. The van der Waals surface area contributed by atoms with Gasteiger partial charge in [0.2, 0.25) is 0 Å². The smallest absolute Gasteiger partial charge is 0.272 e. The number of H-pyrrole nitrogens is 1. The van der Waals surface area contributed by atoms with Gasteiger partial charge in [-0.05, 0) is 23.4 Å². The summed E-state index contributed by atoms with van der Waals surface area (Å²) in [5, 5.41) is 13.3. The highest BCUT2D eigenvalue weighted by molar-refractivity contribution is 7.13. The van der Waals surface area contributed by atoms with Gasteiger partial charge in [-0.1, -0.05) is 25.1 Å². The Morgan fingerprint density at radius 2 is 2.21 bits per heavy atom. The van der Waals surface area contributed by atoms with Crippen LogP contribution in [0.5, 0.6) is 0 Å². The molecule has 0 radical (unpaired) electrons. The second kappa shape index (κ2) is 7.65. The molecular formula is C20H20N4O3S. The van der Waals surface area contributed by atoms with Crippen molar-refractivity contribution in [3.05, 3.63) is 78.6 Å². The van der Waals surface area contributed by atoms with E-state index in [0.29, 0.717) is 37.3 Å². The molecule has 0 spiro atoms. The van der Waals surface area contributed by atoms with Crippen LogP contribution >= 0.6 is 11.3 Å². The highest BCUT2D eigenvalue weighted by Gasteiger charge is 2.22. The van der Waals surface area contributed by atoms with E-state index in [2.05, 4.69) is 14.9 Å². The maximum Gasteiger partial charge on any atom is 0.272 e. The molecular weight excluding hydrogens is 376 g/mol. The van der Waals surface area contributed by atoms with Crippen LogP contribution in [0.1, 0.15) is 29.3 Å². The second-order valence-electron chi connectivity index (χ2n) is 6.85. The first-order chi connectivity index (χ1) is 13.5. The summed E-state index contributed by atoms with van der Waals surface area (Å²) in [6, 6.07) is 9.29. The Balaban J connectivity index is 1.56. The largest absolute Gasteiger partial charge is 0.306 e. The summed E-state index contributed by atoms with van der Waals surface area (Å²) in [6.07, 6.45) is 1.31. The van der Waals surface area contributed by atoms with Gasteiger partial charge < -0.3 is 4.98 Å². The fourth-order valence-corrected chi connectivity index (χ4v) is 4.25. The number of nitro benzene ring substituents is 1. The molecule has 0 unspecified atom stereocenters. The number of aromatic nitrogens is 2. The minimum absolute atomic E-state index is 0.106. The summed E-state index contributed by atoms with van der Waals surface area (Å²) in [5.41, 5.74) is 3.20. The predicted octanol–water partition coefficient (Wildman–Crippen LogP) is 3.53. The van der Waals surface area contributed by atoms with Gasteiger partial charge in [0, 0.05) is 37.7 Å². The van der Waals surface area contributed by atoms with Gasteiger partial charge in [0.1, 0.15) is 0 Å². The van der Waals surface area contributed by atoms with Gasteiger partial charge >= 0.3 is 0 Å². The van der Waals surface area contributed by atoms with Gasteiger partial charge in [0.05, 0.1) is 21.1 Å². The number of nitrogens with one attached hydrogen (secondary N) is 1. The number of thiophene rings is 1. The van der Waals surface area contributed by atoms with Crippen LogP contribution in [0.25, 0.3) is 10.7 Å². The Labute approximate surface area is 165 Å². The first kappa shape index (κ1) is 18.5. The average Bonchev–Trinajstić information content (AvgIpc) is 3.23. The number of rotatable bonds is 5. The van der Waals surface area contributed by atoms with Gasteiger partial charge in [-0.3, -0.25) is 19.8 Å². The van der Waals surface area contributed by atoms with E-state index >= 15 is 0 Å². The van der Waals surface area contributed by atoms with Crippen molar-refractivity contribution in [2.45, 2.75) is 32.9 Å². The summed E-state index contributed by atoms with van der Waals surface area (Å²) in [7, 11) is 0. The maximum absolute atomic E-state index is 12.6. The molecule has 1 aliphatic heterocycles. The molecule has 0 fully saturated rings. The zero-order valence-corrected chi connectivity index (χ0v) is 16.3. The summed E-state index contributed by atoms with van der Waals surface area (Å²) in [4.78, 5) is 34.2. The van der Waals surface area contributed by atoms with E-state index in [-0.39, 0.29) is 16.2 Å². The molecule has 3 heterocycles. The van der Waals surface area contributed by atoms with E-state index in [0.717, 1.165) is 28.2 Å². The van der Waals surface area contributed by atoms with Crippen LogP contribution in [0.2, 0.25) is 0 Å². The van der Waals surface area contributed by atoms with Crippen molar-refractivity contribution in [2.24, 2.45) is 0 Å². The molecule has 0 amide bonds. The third-order valence-electron chi connectivity index (χ3n) is 5.04. The first-order valence-electron chi connectivity index (χ1n) is 9.19. The molecule has 1 N–H and O–H groups in total. The third-order valence-corrected chi connectivity index (χ3v) is 5.91. The lowest BCUT2D eigenvalue weighted by atomic mass is 10.0. The van der Waals surface area contributed by atoms with E-state index in [1.165, 1.54) is 0 Å². The molecule has 4 rings (SSSR count). The predicted molar refractivity (Wildman–Crippen MR) is 108 cm³/mol. The van der Waals surface area contributed by atoms with Crippen molar-refractivity contribution in [2.75, 3.05) is 6.54 Å². The fourth-order valence-electron chi connectivity index (χ4n) is 3.58. The number of benzene rings is 1. The molecule has 1 aromatic carbocycles. The van der Waals surface area contributed by atoms with Crippen molar-refractivity contribution >= 4 is 17.0 Å². The minimum atomic E-state index is -0.325. The van der Waals surface area contributed by atoms with Crippen molar-refractivity contribution < 1.29 is 4.92 Å². The van der Waals surface area contributed by atoms with Crippen molar-refractivity contribution in [3.8, 4) is 10.7 Å². The van der Waals surface area contributed by atoms with E-state index in [4.69, 9.17) is 0 Å². The summed E-state index contributed by atoms with van der Waals surface area (Å²) < 4.78 is 0. The van der Waals surface area contributed by atoms with Crippen LogP contribution in [0.3, 0.4) is 0 Å². The van der Waals surface area contributed by atoms with Crippen molar-refractivity contribution in [1.29, 1.82) is 0 Å². The molecule has 28 heavy (non-hydrogen) atoms. The molecule has 1 aliphatic rings. The van der Waals surface area contributed by atoms with Crippen LogP contribution in [0, 0.1) is 10.1 Å². The first-order valence-corrected chi connectivity index (χ1v) is 10.1. The lowest BCUT2D eigenvalue weighted by Gasteiger charge is -2.27. The number of nitro groups is 1. The fraction of sp³-hybridized carbons (Fsp3) is 0.300.